The third-order valence-corrected chi connectivity index (χ3v) is 7.66. The fraction of sp³-hybridized carbons (Fsp3) is 0.483. The molecule has 0 aromatic heterocycles. The number of hydrogen-bond donors (Lipinski definition) is 5. The van der Waals surface area contributed by atoms with E-state index in [1.165, 1.54) is 30.3 Å². The topological polar surface area (TPSA) is 147 Å². The van der Waals surface area contributed by atoms with Crippen LogP contribution in [0.1, 0.15) is 24.0 Å². The van der Waals surface area contributed by atoms with Gasteiger partial charge in [0.2, 0.25) is 0 Å². The molecule has 8 atom stereocenters. The summed E-state index contributed by atoms with van der Waals surface area (Å²) in [5.41, 5.74) is 2.22. The van der Waals surface area contributed by atoms with E-state index in [1.807, 2.05) is 0 Å². The van der Waals surface area contributed by atoms with Crippen molar-refractivity contribution in [2.45, 2.75) is 74.7 Å². The van der Waals surface area contributed by atoms with E-state index in [-0.39, 0.29) is 24.3 Å². The van der Waals surface area contributed by atoms with E-state index < -0.39 is 48.9 Å². The Morgan fingerprint density at radius 2 is 1.61 bits per heavy atom. The summed E-state index contributed by atoms with van der Waals surface area (Å²) in [5.74, 6) is -1.16. The van der Waals surface area contributed by atoms with Gasteiger partial charge >= 0.3 is 5.97 Å². The molecular formula is C29H33F2NO9. The normalized spacial score (nSPS) is 29.8. The van der Waals surface area contributed by atoms with Gasteiger partial charge in [-0.3, -0.25) is 0 Å². The molecule has 2 aromatic carbocycles. The summed E-state index contributed by atoms with van der Waals surface area (Å²) in [6.07, 6.45) is -8.39. The van der Waals surface area contributed by atoms with Gasteiger partial charge in [-0.05, 0) is 78.8 Å². The molecule has 41 heavy (non-hydrogen) atoms. The van der Waals surface area contributed by atoms with E-state index in [0.717, 1.165) is 11.1 Å². The lowest BCUT2D eigenvalue weighted by Crippen LogP contribution is -2.62. The van der Waals surface area contributed by atoms with Crippen LogP contribution in [0.3, 0.4) is 0 Å². The lowest BCUT2D eigenvalue weighted by molar-refractivity contribution is -0.309. The number of aliphatic carboxylic acids is 1. The largest absolute Gasteiger partial charge is 0.487 e. The molecule has 1 saturated heterocycles. The molecule has 8 unspecified atom stereocenters. The molecule has 222 valence electrons. The standard InChI is InChI=1S/C29H33F2NO9/c1-14(19-6-2-15-10-17(30)4-8-20(15)38-19)12-32-13-23(22-7-3-16-11-18(31)5-9-21(16)39-22)40-29-26(35)24(33)25(34)27(41-29)28(36)37/h4-5,8-11,19,22-27,29,32-35H,1-3,6-7,12-13H2,(H,36,37). The van der Waals surface area contributed by atoms with E-state index in [9.17, 15) is 34.0 Å². The minimum Gasteiger partial charge on any atom is -0.487 e. The Balaban J connectivity index is 1.26. The van der Waals surface area contributed by atoms with Gasteiger partial charge in [-0.1, -0.05) is 6.58 Å². The van der Waals surface area contributed by atoms with Crippen LogP contribution in [-0.2, 0) is 27.1 Å². The van der Waals surface area contributed by atoms with Crippen molar-refractivity contribution < 1.29 is 52.9 Å². The number of carboxylic acid groups (broad SMARTS) is 1. The van der Waals surface area contributed by atoms with E-state index in [2.05, 4.69) is 11.9 Å². The SMILES string of the molecule is C=C(CNCC(OC1OC(C(=O)O)C(O)C(O)C1O)C1CCc2cc(F)ccc2O1)C1CCc2cc(F)ccc2O1. The van der Waals surface area contributed by atoms with E-state index in [4.69, 9.17) is 18.9 Å². The molecular weight excluding hydrogens is 544 g/mol. The van der Waals surface area contributed by atoms with Crippen molar-refractivity contribution in [1.82, 2.24) is 5.32 Å². The Bertz CT molecular complexity index is 1280. The van der Waals surface area contributed by atoms with Gasteiger partial charge in [0.15, 0.2) is 12.4 Å². The highest BCUT2D eigenvalue weighted by atomic mass is 19.1. The molecule has 10 nitrogen and oxygen atoms in total. The molecule has 0 radical (unpaired) electrons. The smallest absolute Gasteiger partial charge is 0.335 e. The third kappa shape index (κ3) is 6.53. The summed E-state index contributed by atoms with van der Waals surface area (Å²) in [4.78, 5) is 11.6. The zero-order chi connectivity index (χ0) is 29.3. The molecule has 0 bridgehead atoms. The third-order valence-electron chi connectivity index (χ3n) is 7.66. The van der Waals surface area contributed by atoms with Crippen molar-refractivity contribution in [3.8, 4) is 11.5 Å². The number of carboxylic acids is 1. The lowest BCUT2D eigenvalue weighted by Gasteiger charge is -2.41. The molecule has 3 aliphatic heterocycles. The van der Waals surface area contributed by atoms with Gasteiger partial charge in [0.05, 0.1) is 0 Å². The second-order valence-corrected chi connectivity index (χ2v) is 10.5. The van der Waals surface area contributed by atoms with E-state index >= 15 is 0 Å². The number of benzene rings is 2. The fourth-order valence-corrected chi connectivity index (χ4v) is 5.38. The number of rotatable bonds is 9. The van der Waals surface area contributed by atoms with Crippen molar-refractivity contribution in [1.29, 1.82) is 0 Å². The maximum atomic E-state index is 13.7. The van der Waals surface area contributed by atoms with Gasteiger partial charge in [-0.25, -0.2) is 13.6 Å². The number of aliphatic hydroxyl groups excluding tert-OH is 3. The minimum atomic E-state index is -1.85. The Morgan fingerprint density at radius 3 is 2.27 bits per heavy atom. The molecule has 0 saturated carbocycles. The summed E-state index contributed by atoms with van der Waals surface area (Å²) in [6.45, 7) is 4.58. The maximum Gasteiger partial charge on any atom is 0.335 e. The van der Waals surface area contributed by atoms with Crippen LogP contribution in [0, 0.1) is 11.6 Å². The van der Waals surface area contributed by atoms with Crippen molar-refractivity contribution in [3.63, 3.8) is 0 Å². The summed E-state index contributed by atoms with van der Waals surface area (Å²) < 4.78 is 50.7. The number of ether oxygens (including phenoxy) is 4. The van der Waals surface area contributed by atoms with Crippen LogP contribution in [0.4, 0.5) is 8.78 Å². The molecule has 5 rings (SSSR count). The lowest BCUT2D eigenvalue weighted by atomic mass is 9.97. The molecule has 0 aliphatic carbocycles. The Morgan fingerprint density at radius 1 is 0.976 bits per heavy atom. The molecule has 3 heterocycles. The molecule has 2 aromatic rings. The monoisotopic (exact) mass is 577 g/mol. The molecule has 1 fully saturated rings. The number of carbonyl (C=O) groups is 1. The van der Waals surface area contributed by atoms with Gasteiger partial charge in [-0.2, -0.15) is 0 Å². The van der Waals surface area contributed by atoms with E-state index in [0.29, 0.717) is 49.3 Å². The van der Waals surface area contributed by atoms with Crippen molar-refractivity contribution in [3.05, 3.63) is 71.3 Å². The van der Waals surface area contributed by atoms with Gasteiger partial charge in [0.1, 0.15) is 59.8 Å². The summed E-state index contributed by atoms with van der Waals surface area (Å²) in [6, 6.07) is 8.57. The minimum absolute atomic E-state index is 0.137. The number of halogens is 2. The number of fused-ring (bicyclic) bond motifs is 2. The van der Waals surface area contributed by atoms with Crippen molar-refractivity contribution in [2.24, 2.45) is 0 Å². The van der Waals surface area contributed by atoms with Crippen LogP contribution < -0.4 is 14.8 Å². The first-order chi connectivity index (χ1) is 19.6. The maximum absolute atomic E-state index is 13.7. The van der Waals surface area contributed by atoms with Crippen LogP contribution in [0.25, 0.3) is 0 Å². The number of aliphatic hydroxyl groups is 3. The second-order valence-electron chi connectivity index (χ2n) is 10.5. The van der Waals surface area contributed by atoms with Crippen LogP contribution >= 0.6 is 0 Å². The zero-order valence-electron chi connectivity index (χ0n) is 22.1. The highest BCUT2D eigenvalue weighted by molar-refractivity contribution is 5.73. The van der Waals surface area contributed by atoms with Crippen LogP contribution in [0.5, 0.6) is 11.5 Å². The van der Waals surface area contributed by atoms with E-state index in [1.54, 1.807) is 6.07 Å². The molecule has 3 aliphatic rings. The van der Waals surface area contributed by atoms with Gasteiger partial charge < -0.3 is 44.7 Å². The Labute approximate surface area is 235 Å². The first kappa shape index (κ1) is 29.4. The highest BCUT2D eigenvalue weighted by Crippen LogP contribution is 2.33. The zero-order valence-corrected chi connectivity index (χ0v) is 22.1. The predicted molar refractivity (Wildman–Crippen MR) is 139 cm³/mol. The van der Waals surface area contributed by atoms with Gasteiger partial charge in [0.25, 0.3) is 0 Å². The first-order valence-corrected chi connectivity index (χ1v) is 13.5. The summed E-state index contributed by atoms with van der Waals surface area (Å²) in [5, 5.41) is 43.4. The average Bonchev–Trinajstić information content (AvgIpc) is 2.95. The number of hydrogen-bond acceptors (Lipinski definition) is 9. The van der Waals surface area contributed by atoms with Gasteiger partial charge in [0, 0.05) is 13.1 Å². The van der Waals surface area contributed by atoms with Gasteiger partial charge in [-0.15, -0.1) is 0 Å². The quantitative estimate of drug-likeness (QED) is 0.278. The second kappa shape index (κ2) is 12.4. The number of aryl methyl sites for hydroxylation is 2. The van der Waals surface area contributed by atoms with Crippen molar-refractivity contribution in [2.75, 3.05) is 13.1 Å². The average molecular weight is 578 g/mol. The molecule has 5 N–H and O–H groups in total. The van der Waals surface area contributed by atoms with Crippen LogP contribution in [-0.4, -0.2) is 88.5 Å². The predicted octanol–water partition coefficient (Wildman–Crippen LogP) is 1.48. The molecule has 0 spiro atoms. The van der Waals surface area contributed by atoms with Crippen LogP contribution in [0.15, 0.2) is 48.6 Å². The fourth-order valence-electron chi connectivity index (χ4n) is 5.38. The Hall–Kier alpha value is -3.13. The number of nitrogens with one attached hydrogen (secondary N) is 1. The highest BCUT2D eigenvalue weighted by Gasteiger charge is 2.48. The molecule has 0 amide bonds. The Kier molecular flexibility index (Phi) is 8.88. The van der Waals surface area contributed by atoms with Crippen LogP contribution in [0.2, 0.25) is 0 Å². The first-order valence-electron chi connectivity index (χ1n) is 13.5. The van der Waals surface area contributed by atoms with Crippen molar-refractivity contribution >= 4 is 5.97 Å². The summed E-state index contributed by atoms with van der Waals surface area (Å²) in [7, 11) is 0. The molecule has 12 heteroatoms. The summed E-state index contributed by atoms with van der Waals surface area (Å²) >= 11 is 0.